The second-order valence-electron chi connectivity index (χ2n) is 3.67. The molecule has 0 unspecified atom stereocenters. The lowest BCUT2D eigenvalue weighted by Crippen LogP contribution is -1.82. The maximum absolute atomic E-state index is 11.0. The largest absolute Gasteiger partial charge is 0.411 e. The summed E-state index contributed by atoms with van der Waals surface area (Å²) in [5.74, 6) is 0.448. The summed E-state index contributed by atoms with van der Waals surface area (Å²) in [5, 5.41) is 11.0. The lowest BCUT2D eigenvalue weighted by molar-refractivity contribution is 0.337. The van der Waals surface area contributed by atoms with Gasteiger partial charge in [0, 0.05) is 4.47 Å². The summed E-state index contributed by atoms with van der Waals surface area (Å²) in [5.41, 5.74) is 1.36. The lowest BCUT2D eigenvalue weighted by Gasteiger charge is -1.98. The Bertz CT molecular complexity index is 691. The number of rotatable bonds is 2. The Morgan fingerprint density at radius 2 is 1.89 bits per heavy atom. The van der Waals surface area contributed by atoms with Gasteiger partial charge in [0.05, 0.1) is 0 Å². The van der Waals surface area contributed by atoms with Crippen molar-refractivity contribution in [3.8, 4) is 17.6 Å². The van der Waals surface area contributed by atoms with Crippen molar-refractivity contribution in [2.24, 2.45) is 0 Å². The summed E-state index contributed by atoms with van der Waals surface area (Å²) in [4.78, 5) is 4.19. The van der Waals surface area contributed by atoms with Crippen LogP contribution in [0.5, 0.6) is 17.6 Å². The van der Waals surface area contributed by atoms with Crippen molar-refractivity contribution < 1.29 is 14.3 Å². The van der Waals surface area contributed by atoms with E-state index in [1.807, 2.05) is 12.1 Å². The number of halogens is 1. The number of hydrogen-bond acceptors (Lipinski definition) is 3. The van der Waals surface area contributed by atoms with Crippen molar-refractivity contribution in [2.45, 2.75) is 0 Å². The highest BCUT2D eigenvalue weighted by Gasteiger charge is 2.08. The third kappa shape index (κ3) is 2.17. The van der Waals surface area contributed by atoms with Crippen molar-refractivity contribution in [3.05, 3.63) is 46.9 Å². The van der Waals surface area contributed by atoms with E-state index in [4.69, 9.17) is 9.15 Å². The summed E-state index contributed by atoms with van der Waals surface area (Å²) >= 11 is 3.36. The Labute approximate surface area is 111 Å². The molecule has 0 fully saturated rings. The van der Waals surface area contributed by atoms with E-state index in [1.165, 1.54) is 12.1 Å². The van der Waals surface area contributed by atoms with Crippen LogP contribution in [0.3, 0.4) is 0 Å². The van der Waals surface area contributed by atoms with E-state index in [2.05, 4.69) is 20.9 Å². The molecule has 3 aromatic rings. The van der Waals surface area contributed by atoms with Crippen LogP contribution in [0.1, 0.15) is 0 Å². The third-order valence-corrected chi connectivity index (χ3v) is 2.85. The van der Waals surface area contributed by atoms with Crippen LogP contribution in [0, 0.1) is 0 Å². The van der Waals surface area contributed by atoms with E-state index in [-0.39, 0.29) is 11.8 Å². The predicted octanol–water partition coefficient (Wildman–Crippen LogP) is 4.53. The van der Waals surface area contributed by atoms with Crippen molar-refractivity contribution in [3.63, 3.8) is 0 Å². The molecule has 3 rings (SSSR count). The minimum absolute atomic E-state index is 0.0659. The summed E-state index contributed by atoms with van der Waals surface area (Å²) in [6, 6.07) is 11.5. The molecule has 0 bridgehead atoms. The van der Waals surface area contributed by atoms with E-state index >= 15 is 0 Å². The van der Waals surface area contributed by atoms with Crippen molar-refractivity contribution in [1.82, 2.24) is 4.98 Å². The minimum Gasteiger partial charge on any atom is -0.411 e. The first-order valence-electron chi connectivity index (χ1n) is 5.22. The van der Waals surface area contributed by atoms with Gasteiger partial charge in [-0.05, 0) is 42.5 Å². The van der Waals surface area contributed by atoms with E-state index in [0.717, 1.165) is 4.47 Å². The van der Waals surface area contributed by atoms with Crippen LogP contribution in [-0.2, 0) is 5.11 Å². The molecule has 0 saturated carbocycles. The maximum Gasteiger partial charge on any atom is 0.400 e. The van der Waals surface area contributed by atoms with Gasteiger partial charge in [0.1, 0.15) is 11.3 Å². The fourth-order valence-corrected chi connectivity index (χ4v) is 1.88. The normalized spacial score (nSPS) is 10.7. The number of aromatic nitrogens is 1. The van der Waals surface area contributed by atoms with E-state index in [1.54, 1.807) is 18.2 Å². The zero-order chi connectivity index (χ0) is 12.5. The standard InChI is InChI=1S/C13H7BrNO3/c14-8-1-6-12-11(7-8)15-13(18-12)17-10-4-2-9(16)3-5-10/h1-7H. The van der Waals surface area contributed by atoms with Crippen LogP contribution in [0.2, 0.25) is 0 Å². The molecule has 0 aliphatic heterocycles. The van der Waals surface area contributed by atoms with Crippen LogP contribution in [0.15, 0.2) is 51.4 Å². The molecule has 0 aliphatic rings. The number of ether oxygens (including phenoxy) is 1. The fraction of sp³-hybridized carbons (Fsp3) is 0. The molecule has 89 valence electrons. The molecule has 1 radical (unpaired) electrons. The van der Waals surface area contributed by atoms with Gasteiger partial charge in [-0.25, -0.2) is 0 Å². The summed E-state index contributed by atoms with van der Waals surface area (Å²) < 4.78 is 11.8. The molecule has 0 atom stereocenters. The second-order valence-corrected chi connectivity index (χ2v) is 4.58. The highest BCUT2D eigenvalue weighted by Crippen LogP contribution is 2.27. The SMILES string of the molecule is [O]c1ccc(Oc2nc3cc(Br)ccc3o2)cc1. The first-order chi connectivity index (χ1) is 8.70. The highest BCUT2D eigenvalue weighted by molar-refractivity contribution is 9.10. The topological polar surface area (TPSA) is 55.2 Å². The molecule has 5 heteroatoms. The van der Waals surface area contributed by atoms with Gasteiger partial charge in [-0.1, -0.05) is 15.9 Å². The van der Waals surface area contributed by atoms with E-state index < -0.39 is 0 Å². The van der Waals surface area contributed by atoms with Crippen LogP contribution < -0.4 is 4.74 Å². The number of nitrogens with zero attached hydrogens (tertiary/aromatic N) is 1. The van der Waals surface area contributed by atoms with Gasteiger partial charge in [-0.15, -0.1) is 0 Å². The van der Waals surface area contributed by atoms with Crippen LogP contribution in [0.25, 0.3) is 11.1 Å². The van der Waals surface area contributed by atoms with Gasteiger partial charge in [-0.3, -0.25) is 5.11 Å². The molecule has 18 heavy (non-hydrogen) atoms. The summed E-state index contributed by atoms with van der Waals surface area (Å²) in [6.07, 6.45) is 0.154. The predicted molar refractivity (Wildman–Crippen MR) is 68.4 cm³/mol. The monoisotopic (exact) mass is 304 g/mol. The van der Waals surface area contributed by atoms with Gasteiger partial charge >= 0.3 is 6.08 Å². The Balaban J connectivity index is 1.92. The highest BCUT2D eigenvalue weighted by atomic mass is 79.9. The average Bonchev–Trinajstić information content (AvgIpc) is 2.73. The number of hydrogen-bond donors (Lipinski definition) is 0. The van der Waals surface area contributed by atoms with Crippen molar-refractivity contribution in [2.75, 3.05) is 0 Å². The van der Waals surface area contributed by atoms with E-state index in [0.29, 0.717) is 16.8 Å². The number of benzene rings is 2. The van der Waals surface area contributed by atoms with E-state index in [9.17, 15) is 5.11 Å². The Morgan fingerprint density at radius 1 is 1.11 bits per heavy atom. The molecule has 2 aromatic carbocycles. The van der Waals surface area contributed by atoms with Gasteiger partial charge in [0.2, 0.25) is 0 Å². The zero-order valence-corrected chi connectivity index (χ0v) is 10.7. The second kappa shape index (κ2) is 4.34. The van der Waals surface area contributed by atoms with Gasteiger partial charge in [-0.2, -0.15) is 4.98 Å². The first kappa shape index (κ1) is 11.1. The third-order valence-electron chi connectivity index (χ3n) is 2.36. The minimum atomic E-state index is -0.0659. The average molecular weight is 305 g/mol. The molecule has 1 heterocycles. The quantitative estimate of drug-likeness (QED) is 0.699. The number of oxazole rings is 1. The molecule has 0 amide bonds. The summed E-state index contributed by atoms with van der Waals surface area (Å²) in [6.45, 7) is 0. The van der Waals surface area contributed by atoms with Gasteiger partial charge < -0.3 is 9.15 Å². The Hall–Kier alpha value is -2.01. The van der Waals surface area contributed by atoms with Gasteiger partial charge in [0.15, 0.2) is 11.3 Å². The van der Waals surface area contributed by atoms with Crippen LogP contribution >= 0.6 is 15.9 Å². The van der Waals surface area contributed by atoms with Crippen LogP contribution in [0.4, 0.5) is 0 Å². The van der Waals surface area contributed by atoms with Crippen molar-refractivity contribution >= 4 is 27.0 Å². The molecular weight excluding hydrogens is 298 g/mol. The van der Waals surface area contributed by atoms with Crippen molar-refractivity contribution in [1.29, 1.82) is 0 Å². The Kier molecular flexibility index (Phi) is 2.68. The lowest BCUT2D eigenvalue weighted by atomic mass is 10.3. The van der Waals surface area contributed by atoms with Crippen LogP contribution in [-0.4, -0.2) is 4.98 Å². The van der Waals surface area contributed by atoms with Gasteiger partial charge in [0.25, 0.3) is 0 Å². The first-order valence-corrected chi connectivity index (χ1v) is 6.01. The Morgan fingerprint density at radius 3 is 2.67 bits per heavy atom. The molecule has 4 nitrogen and oxygen atoms in total. The molecule has 0 N–H and O–H groups in total. The smallest absolute Gasteiger partial charge is 0.400 e. The fourth-order valence-electron chi connectivity index (χ4n) is 1.53. The zero-order valence-electron chi connectivity index (χ0n) is 9.09. The molecular formula is C13H7BrNO3. The molecule has 0 spiro atoms. The molecule has 1 aromatic heterocycles. The summed E-state index contributed by atoms with van der Waals surface area (Å²) in [7, 11) is 0. The number of fused-ring (bicyclic) bond motifs is 1. The molecule has 0 saturated heterocycles. The maximum atomic E-state index is 11.0. The molecule has 0 aliphatic carbocycles.